The summed E-state index contributed by atoms with van der Waals surface area (Å²) in [6.07, 6.45) is 6.77. The lowest BCUT2D eigenvalue weighted by molar-refractivity contribution is 0.0994. The molecule has 0 aliphatic carbocycles. The number of nitrogens with zero attached hydrogens (tertiary/aromatic N) is 6. The number of hydrogen-bond acceptors (Lipinski definition) is 9. The lowest BCUT2D eigenvalue weighted by atomic mass is 9.97. The van der Waals surface area contributed by atoms with E-state index < -0.39 is 5.91 Å². The molecule has 33 heavy (non-hydrogen) atoms. The van der Waals surface area contributed by atoms with Crippen LogP contribution in [0.4, 0.5) is 17.5 Å². The molecule has 2 saturated heterocycles. The van der Waals surface area contributed by atoms with Gasteiger partial charge < -0.3 is 16.4 Å². The fraction of sp³-hybridized carbons (Fsp3) is 0.391. The highest BCUT2D eigenvalue weighted by Gasteiger charge is 2.40. The second-order valence-electron chi connectivity index (χ2n) is 8.56. The molecule has 0 saturated carbocycles. The number of rotatable bonds is 7. The number of nitrogens with one attached hydrogen (secondary N) is 2. The predicted molar refractivity (Wildman–Crippen MR) is 124 cm³/mol. The maximum atomic E-state index is 11.2. The van der Waals surface area contributed by atoms with E-state index in [0.29, 0.717) is 36.2 Å². The minimum atomic E-state index is -0.624. The van der Waals surface area contributed by atoms with Crippen LogP contribution in [0.15, 0.2) is 36.5 Å². The first-order chi connectivity index (χ1) is 16.1. The average molecular weight is 444 g/mol. The Hall–Kier alpha value is -3.84. The first kappa shape index (κ1) is 21.0. The van der Waals surface area contributed by atoms with Gasteiger partial charge in [-0.3, -0.25) is 14.7 Å². The van der Waals surface area contributed by atoms with Crippen LogP contribution >= 0.6 is 0 Å². The summed E-state index contributed by atoms with van der Waals surface area (Å²) in [7, 11) is 0. The van der Waals surface area contributed by atoms with Crippen molar-refractivity contribution in [1.82, 2.24) is 25.1 Å². The molecule has 2 aliphatic rings. The molecule has 0 spiro atoms. The van der Waals surface area contributed by atoms with E-state index in [9.17, 15) is 4.79 Å². The summed E-state index contributed by atoms with van der Waals surface area (Å²) >= 11 is 0. The molecule has 2 bridgehead atoms. The highest BCUT2D eigenvalue weighted by molar-refractivity contribution is 5.92. The van der Waals surface area contributed by atoms with Crippen LogP contribution < -0.4 is 16.4 Å². The summed E-state index contributed by atoms with van der Waals surface area (Å²) in [4.78, 5) is 23.1. The topological polar surface area (TPSA) is 146 Å². The molecule has 0 aromatic carbocycles. The second-order valence-corrected chi connectivity index (χ2v) is 8.56. The number of carbonyl (C=O) groups is 1. The van der Waals surface area contributed by atoms with Crippen LogP contribution in [0, 0.1) is 11.3 Å². The third kappa shape index (κ3) is 4.40. The summed E-state index contributed by atoms with van der Waals surface area (Å²) in [5.41, 5.74) is 6.15. The maximum Gasteiger partial charge on any atom is 0.269 e. The van der Waals surface area contributed by atoms with Gasteiger partial charge in [0.25, 0.3) is 5.91 Å². The smallest absolute Gasteiger partial charge is 0.269 e. The first-order valence-corrected chi connectivity index (χ1v) is 11.2. The molecule has 5 rings (SSSR count). The van der Waals surface area contributed by atoms with Crippen molar-refractivity contribution in [3.05, 3.63) is 42.2 Å². The monoisotopic (exact) mass is 443 g/mol. The number of fused-ring (bicyclic) bond motifs is 3. The predicted octanol–water partition coefficient (Wildman–Crippen LogP) is 2.58. The Bertz CT molecular complexity index is 1190. The Morgan fingerprint density at radius 1 is 1.18 bits per heavy atom. The van der Waals surface area contributed by atoms with Gasteiger partial charge in [0.2, 0.25) is 0 Å². The maximum absolute atomic E-state index is 11.2. The molecule has 2 fully saturated rings. The van der Waals surface area contributed by atoms with Crippen molar-refractivity contribution in [1.29, 1.82) is 5.26 Å². The Morgan fingerprint density at radius 2 is 2.00 bits per heavy atom. The molecular formula is C23H25N9O. The molecule has 2 aliphatic heterocycles. The van der Waals surface area contributed by atoms with Gasteiger partial charge in [-0.2, -0.15) is 5.26 Å². The number of carbonyl (C=O) groups excluding carboxylic acids is 1. The van der Waals surface area contributed by atoms with E-state index in [1.807, 2.05) is 18.2 Å². The van der Waals surface area contributed by atoms with Gasteiger partial charge in [-0.1, -0.05) is 0 Å². The molecule has 4 N–H and O–H groups in total. The molecule has 1 amide bonds. The Balaban J connectivity index is 1.37. The van der Waals surface area contributed by atoms with Crippen molar-refractivity contribution >= 4 is 34.3 Å². The molecule has 10 heteroatoms. The highest BCUT2D eigenvalue weighted by Crippen LogP contribution is 2.37. The molecule has 0 unspecified atom stereocenters. The summed E-state index contributed by atoms with van der Waals surface area (Å²) in [6, 6.07) is 12.5. The Labute approximate surface area is 191 Å². The van der Waals surface area contributed by atoms with Gasteiger partial charge >= 0.3 is 0 Å². The van der Waals surface area contributed by atoms with E-state index in [1.165, 1.54) is 18.9 Å². The van der Waals surface area contributed by atoms with Gasteiger partial charge in [-0.25, -0.2) is 4.98 Å². The van der Waals surface area contributed by atoms with Crippen molar-refractivity contribution in [2.24, 2.45) is 5.73 Å². The molecule has 0 radical (unpaired) electrons. The number of primary amides is 1. The number of piperidine rings is 1. The van der Waals surface area contributed by atoms with Crippen molar-refractivity contribution < 1.29 is 4.79 Å². The van der Waals surface area contributed by atoms with Crippen LogP contribution in [0.2, 0.25) is 0 Å². The van der Waals surface area contributed by atoms with Gasteiger partial charge in [-0.05, 0) is 49.9 Å². The fourth-order valence-corrected chi connectivity index (χ4v) is 5.04. The van der Waals surface area contributed by atoms with Crippen LogP contribution in [-0.4, -0.2) is 55.6 Å². The molecule has 3 aromatic rings. The summed E-state index contributed by atoms with van der Waals surface area (Å²) in [5, 5.41) is 24.6. The normalized spacial score (nSPS) is 22.1. The van der Waals surface area contributed by atoms with E-state index in [2.05, 4.69) is 36.8 Å². The molecular weight excluding hydrogens is 418 g/mol. The third-order valence-electron chi connectivity index (χ3n) is 6.48. The van der Waals surface area contributed by atoms with Crippen molar-refractivity contribution in [2.75, 3.05) is 17.2 Å². The van der Waals surface area contributed by atoms with Crippen LogP contribution in [0.5, 0.6) is 0 Å². The quantitative estimate of drug-likeness (QED) is 0.501. The summed E-state index contributed by atoms with van der Waals surface area (Å²) < 4.78 is 0. The van der Waals surface area contributed by atoms with Crippen molar-refractivity contribution in [2.45, 2.75) is 50.2 Å². The van der Waals surface area contributed by atoms with Gasteiger partial charge in [0.1, 0.15) is 11.6 Å². The zero-order valence-corrected chi connectivity index (χ0v) is 18.1. The van der Waals surface area contributed by atoms with Crippen LogP contribution in [0.25, 0.3) is 10.9 Å². The number of nitriles is 1. The highest BCUT2D eigenvalue weighted by atomic mass is 16.1. The van der Waals surface area contributed by atoms with E-state index in [4.69, 9.17) is 16.0 Å². The molecule has 3 atom stereocenters. The fourth-order valence-electron chi connectivity index (χ4n) is 5.04. The van der Waals surface area contributed by atoms with Crippen LogP contribution in [-0.2, 0) is 0 Å². The van der Waals surface area contributed by atoms with E-state index in [0.717, 1.165) is 36.1 Å². The van der Waals surface area contributed by atoms with Crippen molar-refractivity contribution in [3.8, 4) is 6.07 Å². The van der Waals surface area contributed by atoms with Crippen LogP contribution in [0.3, 0.4) is 0 Å². The second kappa shape index (κ2) is 8.96. The van der Waals surface area contributed by atoms with Gasteiger partial charge in [0, 0.05) is 48.7 Å². The van der Waals surface area contributed by atoms with E-state index >= 15 is 0 Å². The lowest BCUT2D eigenvalue weighted by Crippen LogP contribution is -2.47. The average Bonchev–Trinajstić information content (AvgIpc) is 3.05. The van der Waals surface area contributed by atoms with Gasteiger partial charge in [-0.15, -0.1) is 10.2 Å². The van der Waals surface area contributed by atoms with Crippen molar-refractivity contribution in [3.63, 3.8) is 0 Å². The largest absolute Gasteiger partial charge is 0.367 e. The van der Waals surface area contributed by atoms with E-state index in [-0.39, 0.29) is 5.69 Å². The first-order valence-electron chi connectivity index (χ1n) is 11.2. The minimum Gasteiger partial charge on any atom is -0.367 e. The zero-order chi connectivity index (χ0) is 22.8. The van der Waals surface area contributed by atoms with Crippen LogP contribution in [0.1, 0.15) is 42.6 Å². The molecule has 3 aromatic heterocycles. The zero-order valence-electron chi connectivity index (χ0n) is 18.1. The molecule has 168 valence electrons. The van der Waals surface area contributed by atoms with Gasteiger partial charge in [0.05, 0.1) is 11.6 Å². The SMILES string of the molecule is N#CCCN1[C@@H]2CC[C@H]1C[C@H](Nc1nc(Nc3ccc(C(N)=O)nn3)cc3ncccc13)C2. The molecule has 5 heterocycles. The lowest BCUT2D eigenvalue weighted by Gasteiger charge is -2.39. The van der Waals surface area contributed by atoms with E-state index in [1.54, 1.807) is 12.3 Å². The number of anilines is 3. The number of aromatic nitrogens is 4. The standard InChI is InChI=1S/C23H25N9O/c24-8-2-10-32-15-4-5-16(32)12-14(11-15)27-23-17-3-1-9-26-19(17)13-21(29-23)28-20-7-6-18(22(25)33)30-31-20/h1,3,6-7,9,13-16H,2,4-5,10-12H2,(H2,25,33)(H2,27,28,29,31)/t14-,15-,16+. The summed E-state index contributed by atoms with van der Waals surface area (Å²) in [5.74, 6) is 1.19. The molecule has 10 nitrogen and oxygen atoms in total. The Morgan fingerprint density at radius 3 is 2.70 bits per heavy atom. The number of nitrogens with two attached hydrogens (primary N) is 1. The summed E-state index contributed by atoms with van der Waals surface area (Å²) in [6.45, 7) is 0.860. The number of pyridine rings is 2. The minimum absolute atomic E-state index is 0.104. The Kier molecular flexibility index (Phi) is 5.71. The number of hydrogen-bond donors (Lipinski definition) is 3. The number of amides is 1. The third-order valence-corrected chi connectivity index (χ3v) is 6.48. The van der Waals surface area contributed by atoms with Gasteiger partial charge in [0.15, 0.2) is 11.5 Å².